The van der Waals surface area contributed by atoms with Gasteiger partial charge in [0.25, 0.3) is 0 Å². The molecule has 1 unspecified atom stereocenters. The first-order chi connectivity index (χ1) is 10.5. The summed E-state index contributed by atoms with van der Waals surface area (Å²) in [5.74, 6) is 0.0644. The van der Waals surface area contributed by atoms with E-state index in [1.54, 1.807) is 0 Å². The Morgan fingerprint density at radius 1 is 1.23 bits per heavy atom. The Bertz CT molecular complexity index is 518. The fraction of sp³-hybridized carbons (Fsp3) is 0.500. The summed E-state index contributed by atoms with van der Waals surface area (Å²) in [7, 11) is 2.34. The number of pyridine rings is 1. The van der Waals surface area contributed by atoms with E-state index in [0.29, 0.717) is 24.8 Å². The number of carbonyl (C=O) groups excluding carboxylic acids is 2. The molecule has 122 valence electrons. The molecule has 0 aliphatic rings. The molecule has 0 spiro atoms. The van der Waals surface area contributed by atoms with Crippen molar-refractivity contribution in [2.45, 2.75) is 32.3 Å². The Hall–Kier alpha value is -2.35. The van der Waals surface area contributed by atoms with E-state index < -0.39 is 18.4 Å². The largest absolute Gasteiger partial charge is 0.514 e. The summed E-state index contributed by atoms with van der Waals surface area (Å²) in [6, 6.07) is 1.28. The number of rotatable bonds is 6. The third kappa shape index (κ3) is 5.57. The van der Waals surface area contributed by atoms with Gasteiger partial charge in [0.05, 0.1) is 20.3 Å². The number of hydrogen-bond donors (Lipinski definition) is 1. The van der Waals surface area contributed by atoms with Crippen molar-refractivity contribution in [2.75, 3.05) is 14.2 Å². The van der Waals surface area contributed by atoms with Crippen molar-refractivity contribution in [3.05, 3.63) is 17.8 Å². The average molecular weight is 313 g/mol. The lowest BCUT2D eigenvalue weighted by Crippen LogP contribution is -2.13. The van der Waals surface area contributed by atoms with Crippen molar-refractivity contribution < 1.29 is 33.6 Å². The summed E-state index contributed by atoms with van der Waals surface area (Å²) in [6.45, 7) is 1.86. The average Bonchev–Trinajstić information content (AvgIpc) is 2.53. The second-order valence-corrected chi connectivity index (χ2v) is 4.34. The Labute approximate surface area is 128 Å². The van der Waals surface area contributed by atoms with Gasteiger partial charge in [-0.15, -0.1) is 0 Å². The van der Waals surface area contributed by atoms with Gasteiger partial charge in [-0.2, -0.15) is 0 Å². The maximum atomic E-state index is 11.3. The lowest BCUT2D eigenvalue weighted by molar-refractivity contribution is 0.118. The highest BCUT2D eigenvalue weighted by molar-refractivity contribution is 5.65. The number of aryl methyl sites for hydroxylation is 1. The molecule has 0 aliphatic carbocycles. The van der Waals surface area contributed by atoms with Crippen molar-refractivity contribution >= 4 is 12.3 Å². The summed E-state index contributed by atoms with van der Waals surface area (Å²) in [5, 5.41) is 9.60. The van der Waals surface area contributed by atoms with Crippen molar-refractivity contribution in [1.29, 1.82) is 0 Å². The van der Waals surface area contributed by atoms with E-state index in [-0.39, 0.29) is 11.6 Å². The standard InChI is InChI=1S/C14H19NO7/c1-4-10(16)6-5-9-8-15-12(22-14(18)20-3)7-11(9)21-13(17)19-2/h7-8,10,16H,4-6H2,1-3H3. The molecule has 0 fully saturated rings. The Morgan fingerprint density at radius 2 is 1.86 bits per heavy atom. The molecule has 8 nitrogen and oxygen atoms in total. The molecule has 0 saturated carbocycles. The highest BCUT2D eigenvalue weighted by atomic mass is 16.7. The van der Waals surface area contributed by atoms with E-state index in [9.17, 15) is 14.7 Å². The van der Waals surface area contributed by atoms with Crippen LogP contribution < -0.4 is 9.47 Å². The van der Waals surface area contributed by atoms with Gasteiger partial charge in [-0.25, -0.2) is 14.6 Å². The molecular formula is C14H19NO7. The molecule has 22 heavy (non-hydrogen) atoms. The lowest BCUT2D eigenvalue weighted by atomic mass is 10.1. The number of aliphatic hydroxyl groups excluding tert-OH is 1. The van der Waals surface area contributed by atoms with E-state index in [2.05, 4.69) is 14.5 Å². The number of aromatic nitrogens is 1. The number of hydrogen-bond acceptors (Lipinski definition) is 8. The molecule has 0 aromatic carbocycles. The van der Waals surface area contributed by atoms with Crippen LogP contribution in [0.3, 0.4) is 0 Å². The zero-order valence-corrected chi connectivity index (χ0v) is 12.7. The minimum absolute atomic E-state index is 0.0782. The summed E-state index contributed by atoms with van der Waals surface area (Å²) in [4.78, 5) is 26.3. The van der Waals surface area contributed by atoms with Gasteiger partial charge < -0.3 is 24.1 Å². The first-order valence-corrected chi connectivity index (χ1v) is 6.68. The number of aliphatic hydroxyl groups is 1. The van der Waals surface area contributed by atoms with Crippen LogP contribution >= 0.6 is 0 Å². The Balaban J connectivity index is 2.93. The molecule has 0 saturated heterocycles. The van der Waals surface area contributed by atoms with E-state index in [4.69, 9.17) is 9.47 Å². The van der Waals surface area contributed by atoms with Gasteiger partial charge in [0.2, 0.25) is 5.88 Å². The summed E-state index contributed by atoms with van der Waals surface area (Å²) < 4.78 is 18.6. The molecule has 1 rings (SSSR count). The molecule has 1 aromatic heterocycles. The van der Waals surface area contributed by atoms with E-state index in [1.807, 2.05) is 6.92 Å². The molecule has 1 aromatic rings. The predicted octanol–water partition coefficient (Wildman–Crippen LogP) is 2.08. The molecule has 0 bridgehead atoms. The third-order valence-corrected chi connectivity index (χ3v) is 2.85. The van der Waals surface area contributed by atoms with Crippen LogP contribution in [0.1, 0.15) is 25.3 Å². The summed E-state index contributed by atoms with van der Waals surface area (Å²) in [5.41, 5.74) is 0.579. The number of carbonyl (C=O) groups is 2. The zero-order chi connectivity index (χ0) is 16.5. The van der Waals surface area contributed by atoms with Crippen molar-refractivity contribution in [1.82, 2.24) is 4.98 Å². The van der Waals surface area contributed by atoms with Crippen LogP contribution in [0, 0.1) is 0 Å². The zero-order valence-electron chi connectivity index (χ0n) is 12.7. The first kappa shape index (κ1) is 17.7. The van der Waals surface area contributed by atoms with Gasteiger partial charge >= 0.3 is 12.3 Å². The molecule has 8 heteroatoms. The Kier molecular flexibility index (Phi) is 7.11. The smallest absolute Gasteiger partial charge is 0.437 e. The van der Waals surface area contributed by atoms with Crippen LogP contribution in [0.4, 0.5) is 9.59 Å². The molecular weight excluding hydrogens is 294 g/mol. The third-order valence-electron chi connectivity index (χ3n) is 2.85. The summed E-state index contributed by atoms with van der Waals surface area (Å²) in [6.07, 6.45) is 0.623. The molecule has 1 heterocycles. The molecule has 0 amide bonds. The van der Waals surface area contributed by atoms with Gasteiger partial charge in [-0.05, 0) is 19.3 Å². The topological polar surface area (TPSA) is 104 Å². The highest BCUT2D eigenvalue weighted by Crippen LogP contribution is 2.25. The first-order valence-electron chi connectivity index (χ1n) is 6.68. The van der Waals surface area contributed by atoms with E-state index in [1.165, 1.54) is 19.4 Å². The minimum atomic E-state index is -0.939. The van der Waals surface area contributed by atoms with Crippen LogP contribution in [0.2, 0.25) is 0 Å². The van der Waals surface area contributed by atoms with Crippen LogP contribution in [-0.4, -0.2) is 42.7 Å². The maximum absolute atomic E-state index is 11.3. The molecule has 0 aliphatic heterocycles. The van der Waals surface area contributed by atoms with Gasteiger partial charge in [-0.1, -0.05) is 6.92 Å². The molecule has 0 radical (unpaired) electrons. The lowest BCUT2D eigenvalue weighted by Gasteiger charge is -2.12. The van der Waals surface area contributed by atoms with Crippen LogP contribution in [0.5, 0.6) is 11.6 Å². The maximum Gasteiger partial charge on any atom is 0.514 e. The fourth-order valence-electron chi connectivity index (χ4n) is 1.57. The van der Waals surface area contributed by atoms with Crippen LogP contribution in [0.25, 0.3) is 0 Å². The van der Waals surface area contributed by atoms with Gasteiger partial charge in [0.1, 0.15) is 5.75 Å². The monoisotopic (exact) mass is 313 g/mol. The van der Waals surface area contributed by atoms with Gasteiger partial charge in [0, 0.05) is 17.8 Å². The van der Waals surface area contributed by atoms with Crippen molar-refractivity contribution in [2.24, 2.45) is 0 Å². The second kappa shape index (κ2) is 8.83. The van der Waals surface area contributed by atoms with Crippen LogP contribution in [-0.2, 0) is 15.9 Å². The van der Waals surface area contributed by atoms with E-state index >= 15 is 0 Å². The fourth-order valence-corrected chi connectivity index (χ4v) is 1.57. The number of methoxy groups -OCH3 is 2. The molecule has 1 N–H and O–H groups in total. The second-order valence-electron chi connectivity index (χ2n) is 4.34. The quantitative estimate of drug-likeness (QED) is 0.796. The summed E-state index contributed by atoms with van der Waals surface area (Å²) >= 11 is 0. The minimum Gasteiger partial charge on any atom is -0.437 e. The Morgan fingerprint density at radius 3 is 2.45 bits per heavy atom. The normalized spacial score (nSPS) is 11.5. The van der Waals surface area contributed by atoms with E-state index in [0.717, 1.165) is 7.11 Å². The van der Waals surface area contributed by atoms with Gasteiger partial charge in [-0.3, -0.25) is 0 Å². The predicted molar refractivity (Wildman–Crippen MR) is 74.9 cm³/mol. The number of nitrogens with zero attached hydrogens (tertiary/aromatic N) is 1. The van der Waals surface area contributed by atoms with Crippen LogP contribution in [0.15, 0.2) is 12.3 Å². The SMILES string of the molecule is CCC(O)CCc1cnc(OC(=O)OC)cc1OC(=O)OC. The molecule has 1 atom stereocenters. The van der Waals surface area contributed by atoms with Gasteiger partial charge in [0.15, 0.2) is 0 Å². The number of ether oxygens (including phenoxy) is 4. The highest BCUT2D eigenvalue weighted by Gasteiger charge is 2.15. The van der Waals surface area contributed by atoms with Crippen molar-refractivity contribution in [3.63, 3.8) is 0 Å². The van der Waals surface area contributed by atoms with Crippen molar-refractivity contribution in [3.8, 4) is 11.6 Å².